The van der Waals surface area contributed by atoms with Gasteiger partial charge in [0.1, 0.15) is 11.4 Å². The van der Waals surface area contributed by atoms with E-state index in [1.54, 1.807) is 7.11 Å². The first kappa shape index (κ1) is 14.8. The second kappa shape index (κ2) is 5.91. The summed E-state index contributed by atoms with van der Waals surface area (Å²) < 4.78 is 5.93. The van der Waals surface area contributed by atoms with Crippen LogP contribution in [-0.4, -0.2) is 17.1 Å². The first-order valence-corrected chi connectivity index (χ1v) is 8.33. The van der Waals surface area contributed by atoms with Crippen molar-refractivity contribution in [3.63, 3.8) is 0 Å². The molecule has 0 saturated heterocycles. The van der Waals surface area contributed by atoms with Crippen molar-refractivity contribution in [2.24, 2.45) is 5.92 Å². The molecule has 0 aliphatic heterocycles. The number of ether oxygens (including phenoxy) is 1. The predicted octanol–water partition coefficient (Wildman–Crippen LogP) is 3.77. The largest absolute Gasteiger partial charge is 0.384 e. The lowest BCUT2D eigenvalue weighted by molar-refractivity contribution is -0.0647. The lowest BCUT2D eigenvalue weighted by Gasteiger charge is -2.37. The molecular formula is C17H27N3O. The smallest absolute Gasteiger partial charge is 0.162 e. The summed E-state index contributed by atoms with van der Waals surface area (Å²) in [4.78, 5) is 9.45. The Labute approximate surface area is 127 Å². The number of nitrogens with two attached hydrogens (primary N) is 1. The van der Waals surface area contributed by atoms with Gasteiger partial charge >= 0.3 is 0 Å². The molecule has 116 valence electrons. The number of hydrogen-bond acceptors (Lipinski definition) is 4. The van der Waals surface area contributed by atoms with Crippen LogP contribution in [0.4, 0.5) is 5.82 Å². The number of methoxy groups -OCH3 is 1. The molecule has 2 atom stereocenters. The molecule has 2 unspecified atom stereocenters. The van der Waals surface area contributed by atoms with Crippen LogP contribution in [0.3, 0.4) is 0 Å². The van der Waals surface area contributed by atoms with Crippen molar-refractivity contribution in [3.8, 4) is 0 Å². The van der Waals surface area contributed by atoms with Crippen molar-refractivity contribution in [2.45, 2.75) is 69.8 Å². The molecule has 0 aromatic carbocycles. The fraction of sp³-hybridized carbons (Fsp3) is 0.765. The van der Waals surface area contributed by atoms with E-state index < -0.39 is 0 Å². The van der Waals surface area contributed by atoms with Crippen molar-refractivity contribution < 1.29 is 4.74 Å². The molecule has 2 N–H and O–H groups in total. The Morgan fingerprint density at radius 1 is 1.19 bits per heavy atom. The van der Waals surface area contributed by atoms with Crippen molar-refractivity contribution in [1.82, 2.24) is 9.97 Å². The average molecular weight is 289 g/mol. The molecule has 1 aromatic rings. The molecule has 21 heavy (non-hydrogen) atoms. The number of nitrogen functional groups attached to an aromatic ring is 1. The van der Waals surface area contributed by atoms with E-state index in [9.17, 15) is 0 Å². The minimum Gasteiger partial charge on any atom is -0.384 e. The molecular weight excluding hydrogens is 262 g/mol. The highest BCUT2D eigenvalue weighted by Crippen LogP contribution is 2.42. The number of nitrogens with zero attached hydrogens (tertiary/aromatic N) is 2. The van der Waals surface area contributed by atoms with Crippen LogP contribution in [0.1, 0.15) is 75.7 Å². The van der Waals surface area contributed by atoms with E-state index >= 15 is 0 Å². The van der Waals surface area contributed by atoms with Gasteiger partial charge in [-0.15, -0.1) is 0 Å². The van der Waals surface area contributed by atoms with Crippen molar-refractivity contribution >= 4 is 5.82 Å². The topological polar surface area (TPSA) is 61.0 Å². The van der Waals surface area contributed by atoms with Crippen LogP contribution in [0.15, 0.2) is 6.07 Å². The zero-order chi connectivity index (χ0) is 14.9. The SMILES string of the molecule is COC1(c2nc(N)cc(C3CCCC3)n2)CCCC(C)C1. The van der Waals surface area contributed by atoms with Crippen molar-refractivity contribution in [3.05, 3.63) is 17.6 Å². The zero-order valence-corrected chi connectivity index (χ0v) is 13.3. The highest BCUT2D eigenvalue weighted by Gasteiger charge is 2.40. The summed E-state index contributed by atoms with van der Waals surface area (Å²) >= 11 is 0. The van der Waals surface area contributed by atoms with Gasteiger partial charge in [-0.25, -0.2) is 9.97 Å². The molecule has 0 radical (unpaired) electrons. The predicted molar refractivity (Wildman–Crippen MR) is 84.0 cm³/mol. The summed E-state index contributed by atoms with van der Waals surface area (Å²) in [5, 5.41) is 0. The molecule has 1 aromatic heterocycles. The molecule has 0 amide bonds. The number of rotatable bonds is 3. The lowest BCUT2D eigenvalue weighted by Crippen LogP contribution is -2.36. The molecule has 2 fully saturated rings. The quantitative estimate of drug-likeness (QED) is 0.920. The van der Waals surface area contributed by atoms with Gasteiger partial charge in [0.25, 0.3) is 0 Å². The average Bonchev–Trinajstić information content (AvgIpc) is 3.00. The first-order chi connectivity index (χ1) is 10.1. The van der Waals surface area contributed by atoms with Gasteiger partial charge in [-0.2, -0.15) is 0 Å². The Morgan fingerprint density at radius 2 is 1.95 bits per heavy atom. The minimum atomic E-state index is -0.333. The van der Waals surface area contributed by atoms with Crippen molar-refractivity contribution in [2.75, 3.05) is 12.8 Å². The summed E-state index contributed by atoms with van der Waals surface area (Å²) in [6, 6.07) is 1.97. The fourth-order valence-electron chi connectivity index (χ4n) is 4.10. The maximum Gasteiger partial charge on any atom is 0.162 e. The Balaban J connectivity index is 1.96. The van der Waals surface area contributed by atoms with Gasteiger partial charge in [0.2, 0.25) is 0 Å². The Kier molecular flexibility index (Phi) is 4.16. The molecule has 2 aliphatic carbocycles. The van der Waals surface area contributed by atoms with Crippen LogP contribution in [0, 0.1) is 5.92 Å². The summed E-state index contributed by atoms with van der Waals surface area (Å²) in [5.41, 5.74) is 6.87. The van der Waals surface area contributed by atoms with Crippen molar-refractivity contribution in [1.29, 1.82) is 0 Å². The second-order valence-corrected chi connectivity index (χ2v) is 6.92. The van der Waals surface area contributed by atoms with E-state index in [-0.39, 0.29) is 5.60 Å². The van der Waals surface area contributed by atoms with E-state index in [2.05, 4.69) is 11.9 Å². The van der Waals surface area contributed by atoms with E-state index in [4.69, 9.17) is 15.5 Å². The van der Waals surface area contributed by atoms with Gasteiger partial charge < -0.3 is 10.5 Å². The highest BCUT2D eigenvalue weighted by atomic mass is 16.5. The first-order valence-electron chi connectivity index (χ1n) is 8.33. The standard InChI is InChI=1S/C17H27N3O/c1-12-6-5-9-17(11-12,21-2)16-19-14(10-15(18)20-16)13-7-3-4-8-13/h10,12-13H,3-9,11H2,1-2H3,(H2,18,19,20). The maximum atomic E-state index is 6.08. The zero-order valence-electron chi connectivity index (χ0n) is 13.3. The molecule has 4 heteroatoms. The lowest BCUT2D eigenvalue weighted by atomic mass is 9.78. The highest BCUT2D eigenvalue weighted by molar-refractivity contribution is 5.33. The second-order valence-electron chi connectivity index (χ2n) is 6.92. The minimum absolute atomic E-state index is 0.333. The molecule has 3 rings (SSSR count). The number of hydrogen-bond donors (Lipinski definition) is 1. The molecule has 2 aliphatic rings. The molecule has 2 saturated carbocycles. The third-order valence-corrected chi connectivity index (χ3v) is 5.29. The summed E-state index contributed by atoms with van der Waals surface area (Å²) in [6.45, 7) is 2.29. The van der Waals surface area contributed by atoms with E-state index in [0.717, 1.165) is 24.4 Å². The maximum absolute atomic E-state index is 6.08. The van der Waals surface area contributed by atoms with E-state index in [1.807, 2.05) is 6.07 Å². The van der Waals surface area contributed by atoms with Gasteiger partial charge in [0.15, 0.2) is 5.82 Å². The van der Waals surface area contributed by atoms with Crippen LogP contribution >= 0.6 is 0 Å². The van der Waals surface area contributed by atoms with Crippen LogP contribution in [0.5, 0.6) is 0 Å². The molecule has 0 bridgehead atoms. The van der Waals surface area contributed by atoms with Gasteiger partial charge in [0.05, 0.1) is 0 Å². The van der Waals surface area contributed by atoms with Crippen LogP contribution in [-0.2, 0) is 10.3 Å². The van der Waals surface area contributed by atoms with Gasteiger partial charge in [0, 0.05) is 24.8 Å². The number of aromatic nitrogens is 2. The number of anilines is 1. The normalized spacial score (nSPS) is 30.7. The van der Waals surface area contributed by atoms with E-state index in [0.29, 0.717) is 17.7 Å². The summed E-state index contributed by atoms with van der Waals surface area (Å²) in [6.07, 6.45) is 9.50. The molecule has 1 heterocycles. The Morgan fingerprint density at radius 3 is 2.62 bits per heavy atom. The van der Waals surface area contributed by atoms with Gasteiger partial charge in [-0.3, -0.25) is 0 Å². The van der Waals surface area contributed by atoms with Gasteiger partial charge in [-0.1, -0.05) is 26.2 Å². The summed E-state index contributed by atoms with van der Waals surface area (Å²) in [5.74, 6) is 2.62. The Bertz CT molecular complexity index is 499. The Hall–Kier alpha value is -1.16. The third-order valence-electron chi connectivity index (χ3n) is 5.29. The molecule has 4 nitrogen and oxygen atoms in total. The molecule has 0 spiro atoms. The monoisotopic (exact) mass is 289 g/mol. The third kappa shape index (κ3) is 2.91. The van der Waals surface area contributed by atoms with Crippen LogP contribution < -0.4 is 5.73 Å². The van der Waals surface area contributed by atoms with Gasteiger partial charge in [-0.05, 0) is 38.0 Å². The van der Waals surface area contributed by atoms with Crippen LogP contribution in [0.25, 0.3) is 0 Å². The summed E-state index contributed by atoms with van der Waals surface area (Å²) in [7, 11) is 1.79. The van der Waals surface area contributed by atoms with E-state index in [1.165, 1.54) is 38.5 Å². The van der Waals surface area contributed by atoms with Crippen LogP contribution in [0.2, 0.25) is 0 Å². The fourth-order valence-corrected chi connectivity index (χ4v) is 4.10.